The van der Waals surface area contributed by atoms with E-state index >= 15 is 0 Å². The van der Waals surface area contributed by atoms with Crippen molar-refractivity contribution in [3.8, 4) is 5.75 Å². The molecule has 1 aliphatic carbocycles. The van der Waals surface area contributed by atoms with Crippen molar-refractivity contribution in [1.29, 1.82) is 0 Å². The highest BCUT2D eigenvalue weighted by molar-refractivity contribution is 5.85. The van der Waals surface area contributed by atoms with E-state index in [1.54, 1.807) is 13.0 Å². The highest BCUT2D eigenvalue weighted by atomic mass is 35.5. The summed E-state index contributed by atoms with van der Waals surface area (Å²) in [6, 6.07) is 3.12. The lowest BCUT2D eigenvalue weighted by Crippen LogP contribution is -2.46. The van der Waals surface area contributed by atoms with Gasteiger partial charge in [-0.1, -0.05) is 12.8 Å². The molecule has 3 rings (SSSR count). The van der Waals surface area contributed by atoms with Crippen molar-refractivity contribution in [1.82, 2.24) is 10.2 Å². The first-order valence-electron chi connectivity index (χ1n) is 8.10. The van der Waals surface area contributed by atoms with Gasteiger partial charge in [0.25, 0.3) is 0 Å². The zero-order chi connectivity index (χ0) is 14.8. The van der Waals surface area contributed by atoms with Gasteiger partial charge in [-0.25, -0.2) is 4.39 Å². The molecule has 1 aromatic carbocycles. The number of benzene rings is 1. The summed E-state index contributed by atoms with van der Waals surface area (Å²) in [6.07, 6.45) is 4.87. The minimum Gasteiger partial charge on any atom is -0.507 e. The number of aryl methyl sites for hydroxylation is 1. The van der Waals surface area contributed by atoms with Crippen LogP contribution in [-0.4, -0.2) is 36.2 Å². The van der Waals surface area contributed by atoms with Crippen LogP contribution < -0.4 is 5.32 Å². The van der Waals surface area contributed by atoms with E-state index in [2.05, 4.69) is 10.2 Å². The zero-order valence-corrected chi connectivity index (χ0v) is 14.0. The average molecular weight is 329 g/mol. The van der Waals surface area contributed by atoms with Gasteiger partial charge in [0, 0.05) is 37.8 Å². The number of hydrogen-bond donors (Lipinski definition) is 2. The molecule has 5 heteroatoms. The first-order chi connectivity index (χ1) is 10.2. The van der Waals surface area contributed by atoms with E-state index < -0.39 is 0 Å². The van der Waals surface area contributed by atoms with Crippen molar-refractivity contribution in [2.24, 2.45) is 5.92 Å². The van der Waals surface area contributed by atoms with Crippen LogP contribution in [0, 0.1) is 18.7 Å². The van der Waals surface area contributed by atoms with Crippen molar-refractivity contribution >= 4 is 12.4 Å². The van der Waals surface area contributed by atoms with E-state index in [4.69, 9.17) is 0 Å². The Hall–Kier alpha value is -0.840. The monoisotopic (exact) mass is 328 g/mol. The SMILES string of the molecule is Cc1cc(F)cc([C@H](C2CCCC2)N2CCNCC2)c1O.Cl. The minimum atomic E-state index is -0.238. The highest BCUT2D eigenvalue weighted by Crippen LogP contribution is 2.43. The molecule has 1 aromatic rings. The molecule has 2 fully saturated rings. The predicted octanol–water partition coefficient (Wildman–Crippen LogP) is 3.40. The van der Waals surface area contributed by atoms with E-state index in [-0.39, 0.29) is 30.0 Å². The first kappa shape index (κ1) is 17.5. The number of rotatable bonds is 3. The second kappa shape index (κ2) is 7.62. The lowest BCUT2D eigenvalue weighted by Gasteiger charge is -2.39. The smallest absolute Gasteiger partial charge is 0.124 e. The summed E-state index contributed by atoms with van der Waals surface area (Å²) in [5.74, 6) is 0.584. The Morgan fingerprint density at radius 1 is 1.23 bits per heavy atom. The number of hydrogen-bond acceptors (Lipinski definition) is 3. The largest absolute Gasteiger partial charge is 0.507 e. The number of phenols is 1. The Kier molecular flexibility index (Phi) is 6.07. The fraction of sp³-hybridized carbons (Fsp3) is 0.647. The van der Waals surface area contributed by atoms with Gasteiger partial charge in [-0.05, 0) is 43.4 Å². The number of phenolic OH excluding ortho intramolecular Hbond substituents is 1. The summed E-state index contributed by atoms with van der Waals surface area (Å²) in [5, 5.41) is 13.8. The third-order valence-corrected chi connectivity index (χ3v) is 5.00. The lowest BCUT2D eigenvalue weighted by molar-refractivity contribution is 0.123. The summed E-state index contributed by atoms with van der Waals surface area (Å²) < 4.78 is 13.9. The van der Waals surface area contributed by atoms with Crippen LogP contribution in [0.5, 0.6) is 5.75 Å². The molecule has 2 N–H and O–H groups in total. The van der Waals surface area contributed by atoms with Crippen LogP contribution >= 0.6 is 12.4 Å². The summed E-state index contributed by atoms with van der Waals surface area (Å²) >= 11 is 0. The molecular formula is C17H26ClFN2O. The van der Waals surface area contributed by atoms with Gasteiger partial charge in [0.15, 0.2) is 0 Å². The first-order valence-corrected chi connectivity index (χ1v) is 8.10. The number of aromatic hydroxyl groups is 1. The molecule has 1 saturated carbocycles. The van der Waals surface area contributed by atoms with Gasteiger partial charge >= 0.3 is 0 Å². The molecule has 0 amide bonds. The fourth-order valence-electron chi connectivity index (χ4n) is 3.97. The molecule has 0 unspecified atom stereocenters. The van der Waals surface area contributed by atoms with E-state index in [1.807, 2.05) is 0 Å². The maximum Gasteiger partial charge on any atom is 0.124 e. The summed E-state index contributed by atoms with van der Waals surface area (Å²) in [4.78, 5) is 2.43. The third kappa shape index (κ3) is 3.55. The molecule has 0 bridgehead atoms. The fourth-order valence-corrected chi connectivity index (χ4v) is 3.97. The van der Waals surface area contributed by atoms with E-state index in [0.717, 1.165) is 31.7 Å². The number of nitrogens with zero attached hydrogens (tertiary/aromatic N) is 1. The summed E-state index contributed by atoms with van der Waals surface area (Å²) in [7, 11) is 0. The molecule has 0 aromatic heterocycles. The Balaban J connectivity index is 0.00000176. The van der Waals surface area contributed by atoms with Crippen LogP contribution in [0.1, 0.15) is 42.9 Å². The van der Waals surface area contributed by atoms with Crippen molar-refractivity contribution < 1.29 is 9.50 Å². The van der Waals surface area contributed by atoms with Crippen LogP contribution in [0.4, 0.5) is 4.39 Å². The van der Waals surface area contributed by atoms with Crippen LogP contribution in [-0.2, 0) is 0 Å². The quantitative estimate of drug-likeness (QED) is 0.892. The second-order valence-electron chi connectivity index (χ2n) is 6.44. The molecule has 1 atom stereocenters. The minimum absolute atomic E-state index is 0. The van der Waals surface area contributed by atoms with Gasteiger partial charge in [-0.15, -0.1) is 12.4 Å². The molecule has 22 heavy (non-hydrogen) atoms. The summed E-state index contributed by atoms with van der Waals surface area (Å²) in [6.45, 7) is 5.66. The Bertz CT molecular complexity index is 500. The zero-order valence-electron chi connectivity index (χ0n) is 13.1. The average Bonchev–Trinajstić information content (AvgIpc) is 2.99. The van der Waals surface area contributed by atoms with Crippen molar-refractivity contribution in [3.63, 3.8) is 0 Å². The molecule has 1 saturated heterocycles. The van der Waals surface area contributed by atoms with E-state index in [9.17, 15) is 9.50 Å². The Morgan fingerprint density at radius 2 is 1.86 bits per heavy atom. The number of nitrogens with one attached hydrogen (secondary N) is 1. The highest BCUT2D eigenvalue weighted by Gasteiger charge is 2.34. The normalized spacial score (nSPS) is 21.5. The molecule has 1 aliphatic heterocycles. The van der Waals surface area contributed by atoms with Gasteiger partial charge in [-0.2, -0.15) is 0 Å². The van der Waals surface area contributed by atoms with E-state index in [1.165, 1.54) is 31.7 Å². The van der Waals surface area contributed by atoms with Gasteiger partial charge in [0.1, 0.15) is 11.6 Å². The molecular weight excluding hydrogens is 303 g/mol. The molecule has 2 aliphatic rings. The van der Waals surface area contributed by atoms with Gasteiger partial charge in [0.2, 0.25) is 0 Å². The maximum atomic E-state index is 13.9. The standard InChI is InChI=1S/C17H25FN2O.ClH/c1-12-10-14(18)11-15(17(12)21)16(13-4-2-3-5-13)20-8-6-19-7-9-20;/h10-11,13,16,19,21H,2-9H2,1H3;1H/t16-;/m0./s1. The number of piperazine rings is 1. The van der Waals surface area contributed by atoms with Gasteiger partial charge in [0.05, 0.1) is 0 Å². The van der Waals surface area contributed by atoms with Crippen LogP contribution in [0.3, 0.4) is 0 Å². The molecule has 0 spiro atoms. The van der Waals surface area contributed by atoms with Crippen molar-refractivity contribution in [3.05, 3.63) is 29.1 Å². The molecule has 3 nitrogen and oxygen atoms in total. The molecule has 1 heterocycles. The summed E-state index contributed by atoms with van der Waals surface area (Å²) in [5.41, 5.74) is 1.43. The lowest BCUT2D eigenvalue weighted by atomic mass is 9.88. The van der Waals surface area contributed by atoms with Crippen LogP contribution in [0.15, 0.2) is 12.1 Å². The number of halogens is 2. The van der Waals surface area contributed by atoms with Crippen LogP contribution in [0.25, 0.3) is 0 Å². The second-order valence-corrected chi connectivity index (χ2v) is 6.44. The molecule has 0 radical (unpaired) electrons. The van der Waals surface area contributed by atoms with E-state index in [0.29, 0.717) is 11.5 Å². The van der Waals surface area contributed by atoms with Crippen molar-refractivity contribution in [2.75, 3.05) is 26.2 Å². The Morgan fingerprint density at radius 3 is 2.50 bits per heavy atom. The third-order valence-electron chi connectivity index (χ3n) is 5.00. The molecule has 124 valence electrons. The topological polar surface area (TPSA) is 35.5 Å². The van der Waals surface area contributed by atoms with Crippen LogP contribution in [0.2, 0.25) is 0 Å². The Labute approximate surface area is 138 Å². The van der Waals surface area contributed by atoms with Gasteiger partial charge in [-0.3, -0.25) is 4.90 Å². The predicted molar refractivity (Wildman–Crippen MR) is 89.2 cm³/mol. The van der Waals surface area contributed by atoms with Crippen molar-refractivity contribution in [2.45, 2.75) is 38.6 Å². The maximum absolute atomic E-state index is 13.9. The van der Waals surface area contributed by atoms with Gasteiger partial charge < -0.3 is 10.4 Å².